The average molecular weight is 290 g/mol. The maximum atomic E-state index is 14.2. The van der Waals surface area contributed by atoms with E-state index in [1.807, 2.05) is 9.47 Å². The Balaban J connectivity index is 3.35. The zero-order valence-corrected chi connectivity index (χ0v) is 12.3. The molecule has 3 nitrogen and oxygen atoms in total. The van der Waals surface area contributed by atoms with Crippen molar-refractivity contribution in [3.63, 3.8) is 0 Å². The number of hydrogen-bond donors (Lipinski definition) is 0. The second-order valence-electron chi connectivity index (χ2n) is 4.22. The highest BCUT2D eigenvalue weighted by molar-refractivity contribution is 7.09. The fourth-order valence-electron chi connectivity index (χ4n) is 2.03. The molecule has 106 valence electrons. The van der Waals surface area contributed by atoms with Crippen molar-refractivity contribution < 1.29 is 22.8 Å². The number of hydrogen-bond acceptors (Lipinski definition) is 3. The number of carbonyl (C=O) groups is 1. The van der Waals surface area contributed by atoms with Crippen LogP contribution in [0, 0.1) is 13.8 Å². The number of alkyl halides is 2. The monoisotopic (exact) mass is 290 g/mol. The fourth-order valence-corrected chi connectivity index (χ4v) is 2.21. The molecule has 0 aliphatic heterocycles. The molecule has 0 saturated heterocycles. The summed E-state index contributed by atoms with van der Waals surface area (Å²) in [7, 11) is 2.01. The van der Waals surface area contributed by atoms with Gasteiger partial charge in [-0.05, 0) is 31.9 Å². The summed E-state index contributed by atoms with van der Waals surface area (Å²) >= 11 is 0. The summed E-state index contributed by atoms with van der Waals surface area (Å²) in [5.41, 5.74) is 1.12. The van der Waals surface area contributed by atoms with Crippen LogP contribution in [0.4, 0.5) is 8.78 Å². The number of ether oxygens (including phenoxy) is 1. The normalized spacial score (nSPS) is 11.5. The van der Waals surface area contributed by atoms with Gasteiger partial charge in [-0.1, -0.05) is 17.7 Å². The van der Waals surface area contributed by atoms with E-state index in [9.17, 15) is 13.6 Å². The highest BCUT2D eigenvalue weighted by Crippen LogP contribution is 2.35. The Morgan fingerprint density at radius 3 is 2.53 bits per heavy atom. The predicted octanol–water partition coefficient (Wildman–Crippen LogP) is 3.27. The SMILES string of the molecule is CCOC(=O)C(F)(F)c1c(C)cc(C)cc1COP. The van der Waals surface area contributed by atoms with Gasteiger partial charge in [-0.25, -0.2) is 4.79 Å². The number of benzene rings is 1. The molecule has 0 fully saturated rings. The first-order chi connectivity index (χ1) is 8.84. The molecular formula is C13H17F2O3P. The molecule has 1 aromatic rings. The number of halogens is 2. The van der Waals surface area contributed by atoms with Gasteiger partial charge in [-0.15, -0.1) is 0 Å². The van der Waals surface area contributed by atoms with Crippen LogP contribution in [0.3, 0.4) is 0 Å². The van der Waals surface area contributed by atoms with E-state index in [-0.39, 0.29) is 24.3 Å². The average Bonchev–Trinajstić information content (AvgIpc) is 2.28. The van der Waals surface area contributed by atoms with Crippen LogP contribution >= 0.6 is 9.47 Å². The standard InChI is InChI=1S/C13H17F2O3P/c1-4-17-12(16)13(14,15)11-9(3)5-8(2)6-10(11)7-18-19/h5-6H,4,7,19H2,1-3H3. The van der Waals surface area contributed by atoms with E-state index in [1.165, 1.54) is 6.92 Å². The number of aryl methyl sites for hydroxylation is 2. The zero-order chi connectivity index (χ0) is 14.6. The lowest BCUT2D eigenvalue weighted by molar-refractivity contribution is -0.173. The van der Waals surface area contributed by atoms with Gasteiger partial charge >= 0.3 is 11.9 Å². The van der Waals surface area contributed by atoms with Crippen LogP contribution in [-0.2, 0) is 26.6 Å². The molecule has 6 heteroatoms. The van der Waals surface area contributed by atoms with E-state index in [0.29, 0.717) is 5.56 Å². The lowest BCUT2D eigenvalue weighted by atomic mass is 9.94. The Morgan fingerprint density at radius 1 is 1.37 bits per heavy atom. The van der Waals surface area contributed by atoms with Crippen molar-refractivity contribution in [2.75, 3.05) is 6.61 Å². The van der Waals surface area contributed by atoms with Crippen molar-refractivity contribution in [2.45, 2.75) is 33.3 Å². The Hall–Kier alpha value is -1.06. The Morgan fingerprint density at radius 2 is 2.00 bits per heavy atom. The van der Waals surface area contributed by atoms with Gasteiger partial charge in [0.15, 0.2) is 0 Å². The molecule has 1 aromatic carbocycles. The van der Waals surface area contributed by atoms with Gasteiger partial charge in [0.05, 0.1) is 13.2 Å². The van der Waals surface area contributed by atoms with Crippen LogP contribution in [0.2, 0.25) is 0 Å². The van der Waals surface area contributed by atoms with Crippen molar-refractivity contribution in [3.05, 3.63) is 34.4 Å². The molecule has 0 spiro atoms. The molecule has 0 aliphatic rings. The smallest absolute Gasteiger partial charge is 0.382 e. The van der Waals surface area contributed by atoms with Gasteiger partial charge in [0.25, 0.3) is 0 Å². The molecular weight excluding hydrogens is 273 g/mol. The molecule has 0 N–H and O–H groups in total. The van der Waals surface area contributed by atoms with Crippen LogP contribution in [-0.4, -0.2) is 12.6 Å². The summed E-state index contributed by atoms with van der Waals surface area (Å²) < 4.78 is 37.6. The van der Waals surface area contributed by atoms with E-state index in [2.05, 4.69) is 4.74 Å². The van der Waals surface area contributed by atoms with Gasteiger partial charge < -0.3 is 9.26 Å². The lowest BCUT2D eigenvalue weighted by Gasteiger charge is -2.21. The molecule has 0 aromatic heterocycles. The summed E-state index contributed by atoms with van der Waals surface area (Å²) in [6, 6.07) is 3.19. The molecule has 1 rings (SSSR count). The summed E-state index contributed by atoms with van der Waals surface area (Å²) in [5.74, 6) is -5.21. The van der Waals surface area contributed by atoms with Gasteiger partial charge in [-0.3, -0.25) is 0 Å². The molecule has 0 saturated carbocycles. The van der Waals surface area contributed by atoms with E-state index in [1.54, 1.807) is 26.0 Å². The van der Waals surface area contributed by atoms with E-state index in [0.717, 1.165) is 5.56 Å². The van der Waals surface area contributed by atoms with Gasteiger partial charge in [-0.2, -0.15) is 8.78 Å². The zero-order valence-electron chi connectivity index (χ0n) is 11.1. The lowest BCUT2D eigenvalue weighted by Crippen LogP contribution is -2.30. The molecule has 19 heavy (non-hydrogen) atoms. The second kappa shape index (κ2) is 6.40. The molecule has 0 aliphatic carbocycles. The third-order valence-electron chi connectivity index (χ3n) is 2.65. The second-order valence-corrected chi connectivity index (χ2v) is 4.56. The molecule has 0 amide bonds. The number of carbonyl (C=O) groups excluding carboxylic acids is 1. The molecule has 0 bridgehead atoms. The first kappa shape index (κ1) is 16.0. The minimum Gasteiger partial charge on any atom is -0.461 e. The van der Waals surface area contributed by atoms with Gasteiger partial charge in [0.1, 0.15) is 0 Å². The fraction of sp³-hybridized carbons (Fsp3) is 0.462. The van der Waals surface area contributed by atoms with Crippen LogP contribution in [0.1, 0.15) is 29.2 Å². The molecule has 1 unspecified atom stereocenters. The number of rotatable bonds is 5. The Kier molecular flexibility index (Phi) is 5.39. The topological polar surface area (TPSA) is 35.5 Å². The van der Waals surface area contributed by atoms with Crippen LogP contribution in [0.15, 0.2) is 12.1 Å². The summed E-state index contributed by atoms with van der Waals surface area (Å²) in [5, 5.41) is 0. The summed E-state index contributed by atoms with van der Waals surface area (Å²) in [4.78, 5) is 11.4. The maximum Gasteiger partial charge on any atom is 0.382 e. The van der Waals surface area contributed by atoms with E-state index in [4.69, 9.17) is 4.52 Å². The predicted molar refractivity (Wildman–Crippen MR) is 70.9 cm³/mol. The minimum atomic E-state index is -3.67. The third-order valence-corrected chi connectivity index (χ3v) is 2.81. The Labute approximate surface area is 113 Å². The highest BCUT2D eigenvalue weighted by atomic mass is 31.0. The quantitative estimate of drug-likeness (QED) is 0.617. The van der Waals surface area contributed by atoms with Crippen molar-refractivity contribution in [1.82, 2.24) is 0 Å². The first-order valence-electron chi connectivity index (χ1n) is 5.81. The van der Waals surface area contributed by atoms with Crippen molar-refractivity contribution >= 4 is 15.4 Å². The molecule has 1 atom stereocenters. The van der Waals surface area contributed by atoms with Gasteiger partial charge in [0, 0.05) is 15.0 Å². The largest absolute Gasteiger partial charge is 0.461 e. The summed E-state index contributed by atoms with van der Waals surface area (Å²) in [6.07, 6.45) is 0. The summed E-state index contributed by atoms with van der Waals surface area (Å²) in [6.45, 7) is 4.72. The van der Waals surface area contributed by atoms with Crippen molar-refractivity contribution in [2.24, 2.45) is 0 Å². The number of esters is 1. The van der Waals surface area contributed by atoms with Crippen LogP contribution in [0.5, 0.6) is 0 Å². The molecule has 0 radical (unpaired) electrons. The van der Waals surface area contributed by atoms with Gasteiger partial charge in [0.2, 0.25) is 0 Å². The first-order valence-corrected chi connectivity index (χ1v) is 6.29. The third kappa shape index (κ3) is 3.48. The van der Waals surface area contributed by atoms with Crippen LogP contribution in [0.25, 0.3) is 0 Å². The molecule has 0 heterocycles. The van der Waals surface area contributed by atoms with Crippen molar-refractivity contribution in [3.8, 4) is 0 Å². The van der Waals surface area contributed by atoms with Crippen molar-refractivity contribution in [1.29, 1.82) is 0 Å². The van der Waals surface area contributed by atoms with E-state index < -0.39 is 11.9 Å². The Bertz CT molecular complexity index is 475. The highest BCUT2D eigenvalue weighted by Gasteiger charge is 2.45. The van der Waals surface area contributed by atoms with Crippen LogP contribution < -0.4 is 0 Å². The van der Waals surface area contributed by atoms with E-state index >= 15 is 0 Å². The minimum absolute atomic E-state index is 0.0164. The maximum absolute atomic E-state index is 14.2.